The Balaban J connectivity index is 1.48. The maximum Gasteiger partial charge on any atom is 0.156 e. The van der Waals surface area contributed by atoms with E-state index in [2.05, 4.69) is 32.2 Å². The lowest BCUT2D eigenvalue weighted by atomic mass is 9.68. The summed E-state index contributed by atoms with van der Waals surface area (Å²) < 4.78 is 0. The number of benzene rings is 1. The van der Waals surface area contributed by atoms with Gasteiger partial charge in [0.2, 0.25) is 0 Å². The van der Waals surface area contributed by atoms with E-state index in [0.717, 1.165) is 38.9 Å². The smallest absolute Gasteiger partial charge is 0.156 e. The number of pyridine rings is 1. The lowest BCUT2D eigenvalue weighted by molar-refractivity contribution is 0.0713. The van der Waals surface area contributed by atoms with Crippen molar-refractivity contribution >= 4 is 22.1 Å². The first-order chi connectivity index (χ1) is 16.2. The van der Waals surface area contributed by atoms with Crippen molar-refractivity contribution in [3.8, 4) is 34.7 Å². The summed E-state index contributed by atoms with van der Waals surface area (Å²) in [6, 6.07) is 14.3. The average Bonchev–Trinajstić information content (AvgIpc) is 3.50. The second-order valence-corrected chi connectivity index (χ2v) is 8.37. The summed E-state index contributed by atoms with van der Waals surface area (Å²) in [5.41, 5.74) is 4.99. The molecule has 1 fully saturated rings. The van der Waals surface area contributed by atoms with Crippen molar-refractivity contribution in [1.29, 1.82) is 10.5 Å². The fourth-order valence-electron chi connectivity index (χ4n) is 4.60. The highest BCUT2D eigenvalue weighted by molar-refractivity contribution is 5.97. The monoisotopic (exact) mass is 431 g/mol. The van der Waals surface area contributed by atoms with Gasteiger partial charge in [-0.2, -0.15) is 25.5 Å². The number of nitriles is 2. The third kappa shape index (κ3) is 3.02. The summed E-state index contributed by atoms with van der Waals surface area (Å²) in [5, 5.41) is 28.8. The summed E-state index contributed by atoms with van der Waals surface area (Å²) >= 11 is 0. The lowest BCUT2D eigenvalue weighted by Gasteiger charge is -2.42. The van der Waals surface area contributed by atoms with Crippen LogP contribution in [0.4, 0.5) is 0 Å². The molecule has 33 heavy (non-hydrogen) atoms. The van der Waals surface area contributed by atoms with E-state index >= 15 is 0 Å². The zero-order valence-corrected chi connectivity index (χ0v) is 17.5. The van der Waals surface area contributed by atoms with Gasteiger partial charge in [0.25, 0.3) is 0 Å². The van der Waals surface area contributed by atoms with Crippen molar-refractivity contribution in [3.63, 3.8) is 0 Å². The van der Waals surface area contributed by atoms with E-state index in [1.54, 1.807) is 23.4 Å². The molecule has 9 heteroatoms. The molecule has 4 aromatic heterocycles. The first kappa shape index (κ1) is 19.1. The number of aromatic nitrogens is 7. The van der Waals surface area contributed by atoms with Crippen molar-refractivity contribution in [2.45, 2.75) is 24.8 Å². The molecule has 0 unspecified atom stereocenters. The number of aromatic amines is 1. The topological polar surface area (TPSA) is 133 Å². The molecule has 9 nitrogen and oxygen atoms in total. The van der Waals surface area contributed by atoms with Crippen LogP contribution in [0, 0.1) is 28.6 Å². The Bertz CT molecular complexity index is 1590. The molecule has 5 aromatic rings. The van der Waals surface area contributed by atoms with E-state index in [1.165, 1.54) is 0 Å². The Hall–Kier alpha value is -4.63. The predicted octanol–water partition coefficient (Wildman–Crippen LogP) is 3.97. The van der Waals surface area contributed by atoms with Gasteiger partial charge in [0, 0.05) is 28.9 Å². The minimum Gasteiger partial charge on any atom is -0.345 e. The molecule has 1 aromatic carbocycles. The summed E-state index contributed by atoms with van der Waals surface area (Å²) in [6.45, 7) is 0. The largest absolute Gasteiger partial charge is 0.345 e. The molecule has 4 heterocycles. The molecule has 1 saturated carbocycles. The van der Waals surface area contributed by atoms with Gasteiger partial charge in [-0.1, -0.05) is 6.07 Å². The highest BCUT2D eigenvalue weighted by Crippen LogP contribution is 2.45. The maximum absolute atomic E-state index is 9.35. The van der Waals surface area contributed by atoms with Crippen LogP contribution in [-0.2, 0) is 5.54 Å². The Morgan fingerprint density at radius 1 is 1.09 bits per heavy atom. The molecule has 158 valence electrons. The minimum atomic E-state index is -0.524. The van der Waals surface area contributed by atoms with Gasteiger partial charge in [0.05, 0.1) is 53.6 Å². The summed E-state index contributed by atoms with van der Waals surface area (Å²) in [6.07, 6.45) is 8.46. The number of hydrogen-bond acceptors (Lipinski definition) is 7. The van der Waals surface area contributed by atoms with Crippen LogP contribution in [0.1, 0.15) is 19.3 Å². The van der Waals surface area contributed by atoms with E-state index in [-0.39, 0.29) is 12.3 Å². The van der Waals surface area contributed by atoms with Crippen LogP contribution in [0.2, 0.25) is 0 Å². The normalized spacial score (nSPS) is 19.8. The van der Waals surface area contributed by atoms with Crippen molar-refractivity contribution in [1.82, 2.24) is 34.9 Å². The maximum atomic E-state index is 9.35. The molecule has 0 amide bonds. The van der Waals surface area contributed by atoms with E-state index < -0.39 is 5.54 Å². The van der Waals surface area contributed by atoms with Gasteiger partial charge >= 0.3 is 0 Å². The molecule has 0 saturated heterocycles. The average molecular weight is 431 g/mol. The summed E-state index contributed by atoms with van der Waals surface area (Å²) in [7, 11) is 0. The van der Waals surface area contributed by atoms with Gasteiger partial charge < -0.3 is 4.98 Å². The van der Waals surface area contributed by atoms with Gasteiger partial charge in [0.15, 0.2) is 5.65 Å². The first-order valence-electron chi connectivity index (χ1n) is 10.6. The first-order valence-corrected chi connectivity index (χ1v) is 10.6. The number of H-pyrrole nitrogens is 1. The molecule has 1 aliphatic rings. The molecule has 0 radical (unpaired) electrons. The van der Waals surface area contributed by atoms with E-state index in [0.29, 0.717) is 18.5 Å². The van der Waals surface area contributed by atoms with Crippen LogP contribution in [0.15, 0.2) is 55.1 Å². The quantitative estimate of drug-likeness (QED) is 0.455. The molecule has 1 aliphatic carbocycles. The van der Waals surface area contributed by atoms with Crippen molar-refractivity contribution in [2.75, 3.05) is 0 Å². The fourth-order valence-corrected chi connectivity index (χ4v) is 4.60. The Morgan fingerprint density at radius 3 is 2.85 bits per heavy atom. The van der Waals surface area contributed by atoms with E-state index in [1.807, 2.05) is 36.5 Å². The summed E-state index contributed by atoms with van der Waals surface area (Å²) in [5.74, 6) is -0.0666. The van der Waals surface area contributed by atoms with Crippen molar-refractivity contribution < 1.29 is 0 Å². The second-order valence-electron chi connectivity index (χ2n) is 8.37. The lowest BCUT2D eigenvalue weighted by Crippen LogP contribution is -2.47. The zero-order chi connectivity index (χ0) is 22.4. The zero-order valence-electron chi connectivity index (χ0n) is 17.5. The van der Waals surface area contributed by atoms with Gasteiger partial charge in [-0.05, 0) is 37.1 Å². The Kier molecular flexibility index (Phi) is 4.17. The Labute approximate surface area is 188 Å². The molecular formula is C24H17N9. The number of nitrogens with one attached hydrogen (secondary N) is 1. The van der Waals surface area contributed by atoms with Crippen molar-refractivity contribution in [3.05, 3.63) is 55.1 Å². The van der Waals surface area contributed by atoms with Gasteiger partial charge in [-0.3, -0.25) is 4.98 Å². The third-order valence-electron chi connectivity index (χ3n) is 6.31. The van der Waals surface area contributed by atoms with Gasteiger partial charge in [-0.15, -0.1) is 0 Å². The summed E-state index contributed by atoms with van der Waals surface area (Å²) in [4.78, 5) is 18.4. The number of nitrogens with zero attached hydrogens (tertiary/aromatic N) is 8. The second kappa shape index (κ2) is 7.21. The van der Waals surface area contributed by atoms with Crippen LogP contribution in [0.25, 0.3) is 44.6 Å². The SMILES string of the molecule is N#CC[C@]1(n2ncc(-c3cc(-c4cnc5[nH]ccc5n4)cc4ncccc34)n2)C[C@@H](C#N)C1. The van der Waals surface area contributed by atoms with E-state index in [4.69, 9.17) is 10.1 Å². The molecule has 0 aliphatic heterocycles. The van der Waals surface area contributed by atoms with Gasteiger partial charge in [-0.25, -0.2) is 9.97 Å². The number of rotatable bonds is 4. The van der Waals surface area contributed by atoms with E-state index in [9.17, 15) is 10.5 Å². The van der Waals surface area contributed by atoms with Gasteiger partial charge in [0.1, 0.15) is 11.2 Å². The van der Waals surface area contributed by atoms with Crippen LogP contribution in [-0.4, -0.2) is 34.9 Å². The predicted molar refractivity (Wildman–Crippen MR) is 120 cm³/mol. The molecule has 6 rings (SSSR count). The van der Waals surface area contributed by atoms with Crippen LogP contribution >= 0.6 is 0 Å². The number of fused-ring (bicyclic) bond motifs is 2. The third-order valence-corrected chi connectivity index (χ3v) is 6.31. The van der Waals surface area contributed by atoms with Crippen LogP contribution in [0.5, 0.6) is 0 Å². The molecule has 0 bridgehead atoms. The molecule has 0 atom stereocenters. The van der Waals surface area contributed by atoms with Crippen LogP contribution < -0.4 is 0 Å². The van der Waals surface area contributed by atoms with Crippen molar-refractivity contribution in [2.24, 2.45) is 5.92 Å². The highest BCUT2D eigenvalue weighted by Gasteiger charge is 2.48. The molecule has 0 spiro atoms. The molecular weight excluding hydrogens is 414 g/mol. The number of hydrogen-bond donors (Lipinski definition) is 1. The fraction of sp³-hybridized carbons (Fsp3) is 0.208. The van der Waals surface area contributed by atoms with Crippen LogP contribution in [0.3, 0.4) is 0 Å². The molecule has 1 N–H and O–H groups in total. The standard InChI is InChI=1S/C24H17N9/c25-5-4-24(10-15(11-24)12-26)33-30-14-22(32-33)18-8-16(9-20-17(18)2-1-6-27-20)21-13-29-23-19(31-21)3-7-28-23/h1-3,6-9,13-15H,4,10-11H2,(H,28,29)/t15-,24+. The highest BCUT2D eigenvalue weighted by atomic mass is 15.5. The minimum absolute atomic E-state index is 0.0666. The Morgan fingerprint density at radius 2 is 2.00 bits per heavy atom.